The van der Waals surface area contributed by atoms with Crippen molar-refractivity contribution in [2.75, 3.05) is 45.4 Å². The van der Waals surface area contributed by atoms with Crippen molar-refractivity contribution in [2.45, 2.75) is 18.4 Å². The molecule has 35 heavy (non-hydrogen) atoms. The molecule has 0 aliphatic carbocycles. The molecule has 0 bridgehead atoms. The third kappa shape index (κ3) is 4.17. The number of aliphatic imine (C=N–C) groups is 1. The zero-order chi connectivity index (χ0) is 24.6. The monoisotopic (exact) mass is 485 g/mol. The van der Waals surface area contributed by atoms with E-state index >= 15 is 0 Å². The van der Waals surface area contributed by atoms with Gasteiger partial charge in [0.05, 0.1) is 25.8 Å². The minimum Gasteiger partial charge on any atom is -0.494 e. The first-order valence-corrected chi connectivity index (χ1v) is 11.1. The summed E-state index contributed by atoms with van der Waals surface area (Å²) < 4.78 is 40.4. The summed E-state index contributed by atoms with van der Waals surface area (Å²) in [6.45, 7) is 2.07. The van der Waals surface area contributed by atoms with Crippen LogP contribution in [0.2, 0.25) is 0 Å². The molecule has 0 saturated carbocycles. The van der Waals surface area contributed by atoms with Crippen molar-refractivity contribution in [3.8, 4) is 11.7 Å². The van der Waals surface area contributed by atoms with Crippen LogP contribution in [0.5, 0.6) is 5.75 Å². The highest BCUT2D eigenvalue weighted by Gasteiger charge is 2.34. The van der Waals surface area contributed by atoms with Crippen molar-refractivity contribution in [1.82, 2.24) is 29.8 Å². The highest BCUT2D eigenvalue weighted by Crippen LogP contribution is 2.33. The number of ether oxygens (including phenoxy) is 2. The summed E-state index contributed by atoms with van der Waals surface area (Å²) >= 11 is 0. The van der Waals surface area contributed by atoms with Gasteiger partial charge in [0.15, 0.2) is 11.6 Å². The van der Waals surface area contributed by atoms with Crippen molar-refractivity contribution in [1.29, 1.82) is 0 Å². The van der Waals surface area contributed by atoms with Gasteiger partial charge in [0.1, 0.15) is 22.6 Å². The van der Waals surface area contributed by atoms with Gasteiger partial charge >= 0.3 is 0 Å². The summed E-state index contributed by atoms with van der Waals surface area (Å²) in [5.41, 5.74) is 6.17. The Morgan fingerprint density at radius 1 is 1.14 bits per heavy atom. The molecule has 1 fully saturated rings. The van der Waals surface area contributed by atoms with Gasteiger partial charge in [0, 0.05) is 26.4 Å². The molecule has 0 radical (unpaired) electrons. The lowest BCUT2D eigenvalue weighted by atomic mass is 9.95. The summed E-state index contributed by atoms with van der Waals surface area (Å²) in [5.74, 6) is 1.05. The topological polar surface area (TPSA) is 129 Å². The van der Waals surface area contributed by atoms with Crippen LogP contribution in [0, 0.1) is 0 Å². The molecule has 13 heteroatoms. The molecule has 1 unspecified atom stereocenters. The van der Waals surface area contributed by atoms with Crippen LogP contribution in [-0.2, 0) is 10.3 Å². The average Bonchev–Trinajstić information content (AvgIpc) is 3.30. The highest BCUT2D eigenvalue weighted by molar-refractivity contribution is 5.84. The number of nitrogens with zero attached hydrogens (tertiary/aromatic N) is 7. The molecule has 2 aliphatic heterocycles. The standard InChI is InChI=1S/C22H25F2N9O2/c1-26-15-6-7-22(25,12-27-15)19-29-20(32-8-10-35-11-9-32)31-21(30-19)33-13-4-3-5-14(34-2)16(13)28-18(33)17(23)24/h3-6,12,17,26H,7-11,25H2,1-2H3. The number of anilines is 1. The van der Waals surface area contributed by atoms with Crippen molar-refractivity contribution < 1.29 is 18.3 Å². The fourth-order valence-electron chi connectivity index (χ4n) is 4.05. The Hall–Kier alpha value is -3.71. The molecular formula is C22H25F2N9O2. The van der Waals surface area contributed by atoms with Crippen LogP contribution in [0.4, 0.5) is 14.7 Å². The van der Waals surface area contributed by atoms with E-state index in [1.54, 1.807) is 31.5 Å². The predicted octanol–water partition coefficient (Wildman–Crippen LogP) is 1.68. The predicted molar refractivity (Wildman–Crippen MR) is 125 cm³/mol. The van der Waals surface area contributed by atoms with Crippen molar-refractivity contribution in [2.24, 2.45) is 10.7 Å². The maximum Gasteiger partial charge on any atom is 0.296 e. The molecule has 11 nitrogen and oxygen atoms in total. The number of fused-ring (bicyclic) bond motifs is 1. The quantitative estimate of drug-likeness (QED) is 0.536. The number of morpholine rings is 1. The number of hydrogen-bond acceptors (Lipinski definition) is 10. The fraction of sp³-hybridized carbons (Fsp3) is 0.409. The largest absolute Gasteiger partial charge is 0.494 e. The third-order valence-electron chi connectivity index (χ3n) is 5.93. The molecular weight excluding hydrogens is 460 g/mol. The summed E-state index contributed by atoms with van der Waals surface area (Å²) in [4.78, 5) is 24.2. The van der Waals surface area contributed by atoms with E-state index in [9.17, 15) is 8.78 Å². The lowest BCUT2D eigenvalue weighted by molar-refractivity contribution is 0.122. The minimum atomic E-state index is -2.89. The number of para-hydroxylation sites is 1. The molecule has 0 spiro atoms. The second-order valence-electron chi connectivity index (χ2n) is 8.13. The van der Waals surface area contributed by atoms with Crippen LogP contribution in [0.1, 0.15) is 24.5 Å². The fourth-order valence-corrected chi connectivity index (χ4v) is 4.05. The average molecular weight is 485 g/mol. The van der Waals surface area contributed by atoms with Gasteiger partial charge in [0.2, 0.25) is 11.9 Å². The molecule has 1 aromatic carbocycles. The number of rotatable bonds is 6. The first-order valence-electron chi connectivity index (χ1n) is 11.1. The summed E-state index contributed by atoms with van der Waals surface area (Å²) in [7, 11) is 3.22. The van der Waals surface area contributed by atoms with E-state index in [0.717, 1.165) is 0 Å². The molecule has 1 saturated heterocycles. The van der Waals surface area contributed by atoms with Gasteiger partial charge in [-0.2, -0.15) is 15.0 Å². The summed E-state index contributed by atoms with van der Waals surface area (Å²) in [5, 5.41) is 2.97. The number of nitrogens with one attached hydrogen (secondary N) is 1. The van der Waals surface area contributed by atoms with Gasteiger partial charge in [-0.05, 0) is 24.6 Å². The number of benzene rings is 1. The Morgan fingerprint density at radius 2 is 1.91 bits per heavy atom. The van der Waals surface area contributed by atoms with E-state index in [1.807, 2.05) is 11.0 Å². The van der Waals surface area contributed by atoms with Gasteiger partial charge < -0.3 is 25.4 Å². The summed E-state index contributed by atoms with van der Waals surface area (Å²) in [6, 6.07) is 5.02. The molecule has 3 aromatic rings. The molecule has 1 atom stereocenters. The molecule has 3 N–H and O–H groups in total. The van der Waals surface area contributed by atoms with E-state index in [-0.39, 0.29) is 17.3 Å². The lowest BCUT2D eigenvalue weighted by Crippen LogP contribution is -2.43. The second-order valence-corrected chi connectivity index (χ2v) is 8.13. The van der Waals surface area contributed by atoms with Crippen LogP contribution in [0.15, 0.2) is 35.1 Å². The van der Waals surface area contributed by atoms with Crippen LogP contribution in [-0.4, -0.2) is 71.2 Å². The number of nitrogens with two attached hydrogens (primary N) is 1. The van der Waals surface area contributed by atoms with Crippen LogP contribution in [0.3, 0.4) is 0 Å². The molecule has 4 heterocycles. The number of alkyl halides is 2. The first-order chi connectivity index (χ1) is 16.9. The molecule has 2 aliphatic rings. The number of halogens is 2. The number of imidazole rings is 1. The van der Waals surface area contributed by atoms with E-state index in [2.05, 4.69) is 30.2 Å². The zero-order valence-electron chi connectivity index (χ0n) is 19.3. The van der Waals surface area contributed by atoms with Crippen molar-refractivity contribution in [3.05, 3.63) is 41.7 Å². The Bertz CT molecular complexity index is 1300. The maximum absolute atomic E-state index is 14.2. The molecule has 184 valence electrons. The van der Waals surface area contributed by atoms with Gasteiger partial charge in [-0.15, -0.1) is 0 Å². The van der Waals surface area contributed by atoms with E-state index in [4.69, 9.17) is 15.2 Å². The molecule has 5 rings (SSSR count). The minimum absolute atomic E-state index is 0.0100. The number of methoxy groups -OCH3 is 1. The first kappa shape index (κ1) is 23.1. The van der Waals surface area contributed by atoms with Crippen molar-refractivity contribution >= 4 is 23.2 Å². The highest BCUT2D eigenvalue weighted by atomic mass is 19.3. The van der Waals surface area contributed by atoms with Crippen molar-refractivity contribution in [3.63, 3.8) is 0 Å². The number of aromatic nitrogens is 5. The summed E-state index contributed by atoms with van der Waals surface area (Å²) in [6.07, 6.45) is 0.867. The van der Waals surface area contributed by atoms with Gasteiger partial charge in [-0.3, -0.25) is 4.57 Å². The smallest absolute Gasteiger partial charge is 0.296 e. The number of hydrogen-bond donors (Lipinski definition) is 2. The van der Waals surface area contributed by atoms with Gasteiger partial charge in [-0.25, -0.2) is 18.8 Å². The maximum atomic E-state index is 14.2. The third-order valence-corrected chi connectivity index (χ3v) is 5.93. The Labute approximate surface area is 199 Å². The Balaban J connectivity index is 1.72. The SMILES string of the molecule is CNC1=CCC(N)(c2nc(N3CCOCC3)nc(-n3c(C(F)F)nc4c(OC)cccc43)n2)C=N1. The second kappa shape index (κ2) is 9.15. The van der Waals surface area contributed by atoms with Crippen LogP contribution < -0.4 is 20.7 Å². The van der Waals surface area contributed by atoms with Crippen LogP contribution in [0.25, 0.3) is 17.0 Å². The van der Waals surface area contributed by atoms with E-state index in [0.29, 0.717) is 55.8 Å². The van der Waals surface area contributed by atoms with E-state index in [1.165, 1.54) is 11.7 Å². The Kier molecular flexibility index (Phi) is 6.03. The van der Waals surface area contributed by atoms with Gasteiger partial charge in [-0.1, -0.05) is 6.07 Å². The Morgan fingerprint density at radius 3 is 2.57 bits per heavy atom. The normalized spacial score (nSPS) is 20.4. The van der Waals surface area contributed by atoms with Gasteiger partial charge in [0.25, 0.3) is 6.43 Å². The van der Waals surface area contributed by atoms with E-state index < -0.39 is 17.8 Å². The van der Waals surface area contributed by atoms with Crippen LogP contribution >= 0.6 is 0 Å². The molecule has 0 amide bonds. The lowest BCUT2D eigenvalue weighted by Gasteiger charge is -2.30. The molecule has 2 aromatic heterocycles. The zero-order valence-corrected chi connectivity index (χ0v) is 19.3.